The number of methoxy groups -OCH3 is 1. The van der Waals surface area contributed by atoms with E-state index in [-0.39, 0.29) is 25.7 Å². The number of alkyl halides is 3. The Balaban J connectivity index is 2.04. The second-order valence-electron chi connectivity index (χ2n) is 7.38. The number of hydrogen-bond acceptors (Lipinski definition) is 3. The summed E-state index contributed by atoms with van der Waals surface area (Å²) in [6.45, 7) is 5.80. The normalized spacial score (nSPS) is 26.4. The second kappa shape index (κ2) is 6.32. The summed E-state index contributed by atoms with van der Waals surface area (Å²) >= 11 is 0. The van der Waals surface area contributed by atoms with Crippen LogP contribution in [0.3, 0.4) is 0 Å². The summed E-state index contributed by atoms with van der Waals surface area (Å²) in [5.41, 5.74) is 2.96. The summed E-state index contributed by atoms with van der Waals surface area (Å²) in [6, 6.07) is 3.95. The molecule has 142 valence electrons. The van der Waals surface area contributed by atoms with Gasteiger partial charge in [0.15, 0.2) is 11.4 Å². The van der Waals surface area contributed by atoms with Crippen LogP contribution in [0.25, 0.3) is 5.57 Å². The highest BCUT2D eigenvalue weighted by atomic mass is 19.4. The van der Waals surface area contributed by atoms with Gasteiger partial charge in [-0.25, -0.2) is 4.79 Å². The van der Waals surface area contributed by atoms with Crippen molar-refractivity contribution in [1.29, 1.82) is 0 Å². The quantitative estimate of drug-likeness (QED) is 0.688. The Bertz CT molecular complexity index is 746. The highest BCUT2D eigenvalue weighted by molar-refractivity contribution is 6.20. The van der Waals surface area contributed by atoms with Crippen LogP contribution in [0.4, 0.5) is 13.2 Å². The van der Waals surface area contributed by atoms with Gasteiger partial charge in [-0.05, 0) is 63.1 Å². The van der Waals surface area contributed by atoms with E-state index in [1.54, 1.807) is 0 Å². The van der Waals surface area contributed by atoms with E-state index < -0.39 is 23.7 Å². The first kappa shape index (κ1) is 18.8. The summed E-state index contributed by atoms with van der Waals surface area (Å²) in [7, 11) is 1.45. The van der Waals surface area contributed by atoms with Gasteiger partial charge in [0.2, 0.25) is 0 Å². The average molecular weight is 368 g/mol. The largest absolute Gasteiger partial charge is 0.496 e. The van der Waals surface area contributed by atoms with Gasteiger partial charge >= 0.3 is 12.1 Å². The van der Waals surface area contributed by atoms with Crippen molar-refractivity contribution in [1.82, 2.24) is 0 Å². The first-order valence-electron chi connectivity index (χ1n) is 8.76. The highest BCUT2D eigenvalue weighted by Gasteiger charge is 2.54. The van der Waals surface area contributed by atoms with Crippen LogP contribution in [-0.4, -0.2) is 24.9 Å². The number of esters is 1. The first-order chi connectivity index (χ1) is 12.1. The van der Waals surface area contributed by atoms with Gasteiger partial charge in [-0.2, -0.15) is 13.2 Å². The molecule has 0 aromatic heterocycles. The van der Waals surface area contributed by atoms with Crippen molar-refractivity contribution < 1.29 is 27.4 Å². The molecule has 0 unspecified atom stereocenters. The van der Waals surface area contributed by atoms with E-state index in [1.807, 2.05) is 32.9 Å². The van der Waals surface area contributed by atoms with Crippen LogP contribution in [0.15, 0.2) is 17.9 Å². The number of halogens is 3. The minimum absolute atomic E-state index is 0.0667. The Morgan fingerprint density at radius 2 is 1.65 bits per heavy atom. The van der Waals surface area contributed by atoms with Gasteiger partial charge in [-0.3, -0.25) is 0 Å². The van der Waals surface area contributed by atoms with Crippen LogP contribution in [0.5, 0.6) is 0 Å². The molecule has 1 aromatic rings. The maximum atomic E-state index is 13.0. The Kier molecular flexibility index (Phi) is 4.57. The molecule has 1 heterocycles. The zero-order valence-electron chi connectivity index (χ0n) is 15.4. The van der Waals surface area contributed by atoms with Crippen molar-refractivity contribution >= 4 is 11.5 Å². The van der Waals surface area contributed by atoms with E-state index in [4.69, 9.17) is 9.47 Å². The first-order valence-corrected chi connectivity index (χ1v) is 8.76. The Morgan fingerprint density at radius 3 is 2.12 bits per heavy atom. The van der Waals surface area contributed by atoms with Gasteiger partial charge in [0.25, 0.3) is 0 Å². The van der Waals surface area contributed by atoms with Gasteiger partial charge < -0.3 is 9.47 Å². The summed E-state index contributed by atoms with van der Waals surface area (Å²) in [5.74, 6) is -1.49. The topological polar surface area (TPSA) is 35.5 Å². The maximum Gasteiger partial charge on any atom is 0.391 e. The molecule has 2 aliphatic rings. The number of carbonyl (C=O) groups excluding carboxylic acids is 1. The SMILES string of the molecule is COC1=C(c2c(C)cc(C)cc2C)C(=O)OC12CCC(C(F)(F)F)CC2. The lowest BCUT2D eigenvalue weighted by Crippen LogP contribution is -2.40. The van der Waals surface area contributed by atoms with Crippen LogP contribution in [-0.2, 0) is 14.3 Å². The second-order valence-corrected chi connectivity index (χ2v) is 7.38. The third kappa shape index (κ3) is 2.99. The average Bonchev–Trinajstić information content (AvgIpc) is 2.77. The molecular weight excluding hydrogens is 345 g/mol. The molecule has 1 fully saturated rings. The van der Waals surface area contributed by atoms with Crippen LogP contribution in [0.1, 0.15) is 47.9 Å². The molecule has 0 saturated heterocycles. The lowest BCUT2D eigenvalue weighted by Gasteiger charge is -2.37. The minimum Gasteiger partial charge on any atom is -0.496 e. The number of aryl methyl sites for hydroxylation is 3. The molecule has 0 amide bonds. The third-order valence-corrected chi connectivity index (χ3v) is 5.52. The van der Waals surface area contributed by atoms with Gasteiger partial charge in [-0.1, -0.05) is 17.7 Å². The Labute approximate surface area is 151 Å². The Hall–Kier alpha value is -1.98. The smallest absolute Gasteiger partial charge is 0.391 e. The summed E-state index contributed by atoms with van der Waals surface area (Å²) in [4.78, 5) is 12.7. The molecule has 1 aliphatic heterocycles. The van der Waals surface area contributed by atoms with Crippen LogP contribution in [0.2, 0.25) is 0 Å². The van der Waals surface area contributed by atoms with Gasteiger partial charge in [0.1, 0.15) is 5.57 Å². The van der Waals surface area contributed by atoms with Crippen molar-refractivity contribution in [2.24, 2.45) is 5.92 Å². The van der Waals surface area contributed by atoms with Crippen LogP contribution < -0.4 is 0 Å². The fourth-order valence-electron chi connectivity index (χ4n) is 4.41. The van der Waals surface area contributed by atoms with Gasteiger partial charge in [0, 0.05) is 0 Å². The monoisotopic (exact) mass is 368 g/mol. The van der Waals surface area contributed by atoms with Crippen molar-refractivity contribution in [3.63, 3.8) is 0 Å². The van der Waals surface area contributed by atoms with Crippen molar-refractivity contribution in [2.75, 3.05) is 7.11 Å². The predicted octanol–water partition coefficient (Wildman–Crippen LogP) is 5.02. The number of ether oxygens (including phenoxy) is 2. The lowest BCUT2D eigenvalue weighted by atomic mass is 9.76. The predicted molar refractivity (Wildman–Crippen MR) is 91.4 cm³/mol. The maximum absolute atomic E-state index is 13.0. The molecule has 0 radical (unpaired) electrons. The van der Waals surface area contributed by atoms with Gasteiger partial charge in [0.05, 0.1) is 13.0 Å². The molecule has 0 atom stereocenters. The summed E-state index contributed by atoms with van der Waals surface area (Å²) in [5, 5.41) is 0. The molecule has 3 nitrogen and oxygen atoms in total. The summed E-state index contributed by atoms with van der Waals surface area (Å²) in [6.07, 6.45) is -4.10. The van der Waals surface area contributed by atoms with E-state index >= 15 is 0 Å². The standard InChI is InChI=1S/C20H23F3O3/c1-11-9-12(2)15(13(3)10-11)16-17(25-4)19(26-18(16)24)7-5-14(6-8-19)20(21,22)23/h9-10,14H,5-8H2,1-4H3. The third-order valence-electron chi connectivity index (χ3n) is 5.52. The lowest BCUT2D eigenvalue weighted by molar-refractivity contribution is -0.194. The van der Waals surface area contributed by atoms with Crippen LogP contribution in [0, 0.1) is 26.7 Å². The summed E-state index contributed by atoms with van der Waals surface area (Å²) < 4.78 is 50.2. The zero-order chi connectivity index (χ0) is 19.3. The van der Waals surface area contributed by atoms with E-state index in [2.05, 4.69) is 0 Å². The zero-order valence-corrected chi connectivity index (χ0v) is 15.4. The molecule has 1 spiro atoms. The van der Waals surface area contributed by atoms with Gasteiger partial charge in [-0.15, -0.1) is 0 Å². The molecule has 1 saturated carbocycles. The number of hydrogen-bond donors (Lipinski definition) is 0. The number of rotatable bonds is 2. The molecule has 3 rings (SSSR count). The Morgan fingerprint density at radius 1 is 1.12 bits per heavy atom. The van der Waals surface area contributed by atoms with E-state index in [0.717, 1.165) is 22.3 Å². The molecule has 0 N–H and O–H groups in total. The fraction of sp³-hybridized carbons (Fsp3) is 0.550. The van der Waals surface area contributed by atoms with Crippen molar-refractivity contribution in [3.8, 4) is 0 Å². The van der Waals surface area contributed by atoms with E-state index in [1.165, 1.54) is 7.11 Å². The molecule has 26 heavy (non-hydrogen) atoms. The number of benzene rings is 1. The molecule has 0 bridgehead atoms. The molecule has 1 aromatic carbocycles. The van der Waals surface area contributed by atoms with Crippen molar-refractivity contribution in [2.45, 2.75) is 58.2 Å². The van der Waals surface area contributed by atoms with Crippen LogP contribution >= 0.6 is 0 Å². The highest BCUT2D eigenvalue weighted by Crippen LogP contribution is 2.51. The van der Waals surface area contributed by atoms with Crippen molar-refractivity contribution in [3.05, 3.63) is 40.1 Å². The van der Waals surface area contributed by atoms with E-state index in [9.17, 15) is 18.0 Å². The molecule has 6 heteroatoms. The fourth-order valence-corrected chi connectivity index (χ4v) is 4.41. The molecule has 1 aliphatic carbocycles. The van der Waals surface area contributed by atoms with E-state index in [0.29, 0.717) is 11.3 Å². The minimum atomic E-state index is -4.21. The molecular formula is C20H23F3O3. The number of carbonyl (C=O) groups is 1.